The summed E-state index contributed by atoms with van der Waals surface area (Å²) >= 11 is 0. The highest BCUT2D eigenvalue weighted by atomic mass is 19.1. The van der Waals surface area contributed by atoms with Gasteiger partial charge in [-0.1, -0.05) is 23.8 Å². The maximum atomic E-state index is 13.4. The number of piperidine rings is 2. The van der Waals surface area contributed by atoms with Crippen molar-refractivity contribution < 1.29 is 14.3 Å². The lowest BCUT2D eigenvalue weighted by Gasteiger charge is -2.51. The Labute approximate surface area is 161 Å². The summed E-state index contributed by atoms with van der Waals surface area (Å²) in [5.41, 5.74) is 1.75. The van der Waals surface area contributed by atoms with E-state index in [1.165, 1.54) is 17.7 Å². The fraction of sp³-hybridized carbons (Fsp3) is 0.591. The molecular formula is C22H31FN2O2. The predicted molar refractivity (Wildman–Crippen MR) is 105 cm³/mol. The zero-order valence-electron chi connectivity index (χ0n) is 16.5. The highest BCUT2D eigenvalue weighted by molar-refractivity contribution is 5.79. The van der Waals surface area contributed by atoms with Crippen molar-refractivity contribution in [2.75, 3.05) is 32.7 Å². The molecule has 0 saturated carbocycles. The Kier molecular flexibility index (Phi) is 6.33. The van der Waals surface area contributed by atoms with E-state index in [4.69, 9.17) is 0 Å². The van der Waals surface area contributed by atoms with E-state index in [9.17, 15) is 14.3 Å². The van der Waals surface area contributed by atoms with Gasteiger partial charge in [0.2, 0.25) is 5.91 Å². The summed E-state index contributed by atoms with van der Waals surface area (Å²) in [6.07, 6.45) is 4.67. The minimum absolute atomic E-state index is 0.0216. The molecule has 1 spiro atoms. The van der Waals surface area contributed by atoms with Crippen molar-refractivity contribution in [2.24, 2.45) is 5.41 Å². The SMILES string of the molecule is CC(C)=CCN1CC[C@@H](O)[C@]2(CCCN(C(=O)Cc3cccc(F)c3)C2)C1. The molecule has 4 nitrogen and oxygen atoms in total. The molecule has 0 aromatic heterocycles. The van der Waals surface area contributed by atoms with Crippen LogP contribution in [0.25, 0.3) is 0 Å². The van der Waals surface area contributed by atoms with Crippen LogP contribution in [0.2, 0.25) is 0 Å². The van der Waals surface area contributed by atoms with Crippen molar-refractivity contribution in [1.29, 1.82) is 0 Å². The number of amides is 1. The number of aliphatic hydroxyl groups excluding tert-OH is 1. The van der Waals surface area contributed by atoms with Crippen LogP contribution in [0, 0.1) is 11.2 Å². The van der Waals surface area contributed by atoms with E-state index in [1.807, 2.05) is 4.90 Å². The first kappa shape index (κ1) is 20.0. The van der Waals surface area contributed by atoms with E-state index >= 15 is 0 Å². The minimum Gasteiger partial charge on any atom is -0.392 e. The summed E-state index contributed by atoms with van der Waals surface area (Å²) < 4.78 is 13.4. The van der Waals surface area contributed by atoms with Crippen LogP contribution in [0.5, 0.6) is 0 Å². The monoisotopic (exact) mass is 374 g/mol. The molecule has 3 rings (SSSR count). The first-order chi connectivity index (χ1) is 12.9. The molecule has 0 aliphatic carbocycles. The number of halogens is 1. The van der Waals surface area contributed by atoms with Gasteiger partial charge in [0.1, 0.15) is 5.82 Å². The van der Waals surface area contributed by atoms with Crippen molar-refractivity contribution in [2.45, 2.75) is 45.6 Å². The normalized spacial score (nSPS) is 26.2. The van der Waals surface area contributed by atoms with Crippen LogP contribution in [-0.4, -0.2) is 59.6 Å². The molecule has 2 atom stereocenters. The summed E-state index contributed by atoms with van der Waals surface area (Å²) in [4.78, 5) is 17.1. The number of carbonyl (C=O) groups excluding carboxylic acids is 1. The lowest BCUT2D eigenvalue weighted by Crippen LogP contribution is -2.59. The van der Waals surface area contributed by atoms with Crippen LogP contribution in [0.15, 0.2) is 35.9 Å². The molecule has 2 heterocycles. The second-order valence-corrected chi connectivity index (χ2v) is 8.41. The van der Waals surface area contributed by atoms with Crippen molar-refractivity contribution in [3.8, 4) is 0 Å². The third-order valence-corrected chi connectivity index (χ3v) is 5.93. The molecule has 0 bridgehead atoms. The quantitative estimate of drug-likeness (QED) is 0.824. The molecule has 1 aromatic carbocycles. The summed E-state index contributed by atoms with van der Waals surface area (Å²) in [5, 5.41) is 10.8. The smallest absolute Gasteiger partial charge is 0.227 e. The molecule has 1 aromatic rings. The van der Waals surface area contributed by atoms with Gasteiger partial charge in [0.15, 0.2) is 0 Å². The third kappa shape index (κ3) is 4.96. The Balaban J connectivity index is 1.67. The highest BCUT2D eigenvalue weighted by Gasteiger charge is 2.46. The molecule has 1 amide bonds. The summed E-state index contributed by atoms with van der Waals surface area (Å²) in [7, 11) is 0. The Hall–Kier alpha value is -1.72. The van der Waals surface area contributed by atoms with Gasteiger partial charge in [-0.05, 0) is 50.8 Å². The van der Waals surface area contributed by atoms with Crippen molar-refractivity contribution >= 4 is 5.91 Å². The highest BCUT2D eigenvalue weighted by Crippen LogP contribution is 2.39. The number of rotatable bonds is 4. The molecule has 2 aliphatic heterocycles. The number of aliphatic hydroxyl groups is 1. The summed E-state index contributed by atoms with van der Waals surface area (Å²) in [5.74, 6) is -0.290. The maximum absolute atomic E-state index is 13.4. The molecular weight excluding hydrogens is 343 g/mol. The summed E-state index contributed by atoms with van der Waals surface area (Å²) in [6.45, 7) is 8.12. The van der Waals surface area contributed by atoms with E-state index in [-0.39, 0.29) is 29.7 Å². The zero-order valence-corrected chi connectivity index (χ0v) is 16.5. The van der Waals surface area contributed by atoms with Crippen LogP contribution < -0.4 is 0 Å². The average molecular weight is 375 g/mol. The second-order valence-electron chi connectivity index (χ2n) is 8.41. The molecule has 5 heteroatoms. The number of hydrogen-bond donors (Lipinski definition) is 1. The lowest BCUT2D eigenvalue weighted by atomic mass is 9.71. The topological polar surface area (TPSA) is 43.8 Å². The Morgan fingerprint density at radius 3 is 2.89 bits per heavy atom. The molecule has 27 heavy (non-hydrogen) atoms. The molecule has 0 unspecified atom stereocenters. The van der Waals surface area contributed by atoms with Crippen LogP contribution >= 0.6 is 0 Å². The largest absolute Gasteiger partial charge is 0.392 e. The lowest BCUT2D eigenvalue weighted by molar-refractivity contribution is -0.140. The minimum atomic E-state index is -0.370. The Morgan fingerprint density at radius 1 is 1.33 bits per heavy atom. The first-order valence-electron chi connectivity index (χ1n) is 9.94. The van der Waals surface area contributed by atoms with E-state index in [2.05, 4.69) is 24.8 Å². The number of allylic oxidation sites excluding steroid dienone is 1. The average Bonchev–Trinajstić information content (AvgIpc) is 2.63. The van der Waals surface area contributed by atoms with E-state index in [1.54, 1.807) is 12.1 Å². The molecule has 0 radical (unpaired) electrons. The van der Waals surface area contributed by atoms with Crippen LogP contribution in [0.1, 0.15) is 38.7 Å². The van der Waals surface area contributed by atoms with Gasteiger partial charge in [0, 0.05) is 38.1 Å². The standard InChI is InChI=1S/C22H31FN2O2/c1-17(2)7-11-24-12-8-20(26)22(15-24)9-4-10-25(16-22)21(27)14-18-5-3-6-19(23)13-18/h3,5-7,13,20,26H,4,8-12,14-16H2,1-2H3/t20-,22-/m1/s1. The first-order valence-corrected chi connectivity index (χ1v) is 9.94. The predicted octanol–water partition coefficient (Wildman–Crippen LogP) is 3.01. The van der Waals surface area contributed by atoms with Crippen LogP contribution in [0.3, 0.4) is 0 Å². The second kappa shape index (κ2) is 8.53. The molecule has 1 N–H and O–H groups in total. The van der Waals surface area contributed by atoms with Gasteiger partial charge >= 0.3 is 0 Å². The van der Waals surface area contributed by atoms with Gasteiger partial charge < -0.3 is 10.0 Å². The molecule has 2 aliphatic rings. The molecule has 2 fully saturated rings. The van der Waals surface area contributed by atoms with E-state index in [0.29, 0.717) is 12.1 Å². The van der Waals surface area contributed by atoms with Crippen LogP contribution in [0.4, 0.5) is 4.39 Å². The van der Waals surface area contributed by atoms with Gasteiger partial charge in [-0.25, -0.2) is 4.39 Å². The molecule has 148 valence electrons. The number of benzene rings is 1. The van der Waals surface area contributed by atoms with Crippen molar-refractivity contribution in [3.05, 3.63) is 47.3 Å². The Morgan fingerprint density at radius 2 is 2.15 bits per heavy atom. The number of hydrogen-bond acceptors (Lipinski definition) is 3. The Bertz CT molecular complexity index is 701. The van der Waals surface area contributed by atoms with E-state index < -0.39 is 0 Å². The third-order valence-electron chi connectivity index (χ3n) is 5.93. The van der Waals surface area contributed by atoms with Gasteiger partial charge in [-0.15, -0.1) is 0 Å². The molecule has 2 saturated heterocycles. The van der Waals surface area contributed by atoms with Gasteiger partial charge in [-0.3, -0.25) is 9.69 Å². The zero-order chi connectivity index (χ0) is 19.4. The number of nitrogens with zero attached hydrogens (tertiary/aromatic N) is 2. The van der Waals surface area contributed by atoms with Crippen molar-refractivity contribution in [1.82, 2.24) is 9.80 Å². The number of carbonyl (C=O) groups is 1. The maximum Gasteiger partial charge on any atom is 0.227 e. The van der Waals surface area contributed by atoms with E-state index in [0.717, 1.165) is 45.4 Å². The summed E-state index contributed by atoms with van der Waals surface area (Å²) in [6, 6.07) is 6.25. The van der Waals surface area contributed by atoms with Crippen molar-refractivity contribution in [3.63, 3.8) is 0 Å². The number of likely N-dealkylation sites (tertiary alicyclic amines) is 2. The van der Waals surface area contributed by atoms with Crippen LogP contribution in [-0.2, 0) is 11.2 Å². The van der Waals surface area contributed by atoms with Gasteiger partial charge in [-0.2, -0.15) is 0 Å². The van der Waals surface area contributed by atoms with Gasteiger partial charge in [0.25, 0.3) is 0 Å². The van der Waals surface area contributed by atoms with Gasteiger partial charge in [0.05, 0.1) is 12.5 Å². The fourth-order valence-electron chi connectivity index (χ4n) is 4.42. The fourth-order valence-corrected chi connectivity index (χ4v) is 4.42.